The van der Waals surface area contributed by atoms with E-state index in [1.165, 1.54) is 4.63 Å². The van der Waals surface area contributed by atoms with Crippen molar-refractivity contribution in [2.45, 2.75) is 25.1 Å². The molecule has 5 nitrogen and oxygen atoms in total. The second-order valence-electron chi connectivity index (χ2n) is 3.06. The van der Waals surface area contributed by atoms with Gasteiger partial charge in [-0.15, -0.1) is 21.3 Å². The van der Waals surface area contributed by atoms with Crippen molar-refractivity contribution in [1.82, 2.24) is 25.3 Å². The largest absolute Gasteiger partial charge is 0.199 e. The average Bonchev–Trinajstić information content (AvgIpc) is 2.64. The molecule has 0 aliphatic heterocycles. The fourth-order valence-electron chi connectivity index (χ4n) is 1.17. The first-order valence-corrected chi connectivity index (χ1v) is 4.91. The standard InChI is InChI=1S/C8H10ClN5/c1-2-6(9)5-7-3-4-8-10-12-13-14(8)11-7/h3-4,6H,2,5H2,1H3. The molecule has 0 aromatic carbocycles. The lowest BCUT2D eigenvalue weighted by Gasteiger charge is -2.04. The van der Waals surface area contributed by atoms with E-state index in [0.717, 1.165) is 18.5 Å². The minimum Gasteiger partial charge on any atom is -0.152 e. The molecule has 0 aliphatic carbocycles. The lowest BCUT2D eigenvalue weighted by Crippen LogP contribution is -2.06. The SMILES string of the molecule is CCC(Cl)Cc1ccc2nnnn2n1. The van der Waals surface area contributed by atoms with Crippen LogP contribution in [0.5, 0.6) is 0 Å². The smallest absolute Gasteiger partial charge is 0.152 e. The molecule has 74 valence electrons. The van der Waals surface area contributed by atoms with Gasteiger partial charge in [0, 0.05) is 11.8 Å². The molecule has 2 aromatic rings. The normalized spacial score (nSPS) is 13.3. The van der Waals surface area contributed by atoms with Crippen LogP contribution in [-0.2, 0) is 6.42 Å². The number of hydrogen-bond acceptors (Lipinski definition) is 4. The highest BCUT2D eigenvalue weighted by molar-refractivity contribution is 6.20. The number of nitrogens with zero attached hydrogens (tertiary/aromatic N) is 5. The van der Waals surface area contributed by atoms with Crippen LogP contribution in [-0.4, -0.2) is 30.6 Å². The van der Waals surface area contributed by atoms with Crippen molar-refractivity contribution in [2.75, 3.05) is 0 Å². The molecular weight excluding hydrogens is 202 g/mol. The van der Waals surface area contributed by atoms with Crippen molar-refractivity contribution in [3.8, 4) is 0 Å². The molecule has 0 saturated heterocycles. The summed E-state index contributed by atoms with van der Waals surface area (Å²) in [5.41, 5.74) is 1.56. The van der Waals surface area contributed by atoms with Crippen molar-refractivity contribution in [1.29, 1.82) is 0 Å². The molecule has 0 saturated carbocycles. The molecule has 0 N–H and O–H groups in total. The predicted molar refractivity (Wildman–Crippen MR) is 52.2 cm³/mol. The number of tetrazole rings is 1. The van der Waals surface area contributed by atoms with Crippen molar-refractivity contribution in [3.05, 3.63) is 17.8 Å². The minimum atomic E-state index is 0.122. The van der Waals surface area contributed by atoms with Gasteiger partial charge < -0.3 is 0 Å². The molecule has 0 amide bonds. The fourth-order valence-corrected chi connectivity index (χ4v) is 1.32. The lowest BCUT2D eigenvalue weighted by molar-refractivity contribution is 0.690. The van der Waals surface area contributed by atoms with Crippen LogP contribution in [0.1, 0.15) is 19.0 Å². The van der Waals surface area contributed by atoms with Crippen LogP contribution < -0.4 is 0 Å². The fraction of sp³-hybridized carbons (Fsp3) is 0.500. The van der Waals surface area contributed by atoms with Gasteiger partial charge in [0.2, 0.25) is 0 Å². The summed E-state index contributed by atoms with van der Waals surface area (Å²) in [6, 6.07) is 3.73. The zero-order valence-corrected chi connectivity index (χ0v) is 8.52. The van der Waals surface area contributed by atoms with Crippen LogP contribution in [0, 0.1) is 0 Å². The third-order valence-electron chi connectivity index (χ3n) is 2.00. The molecule has 0 bridgehead atoms. The Morgan fingerprint density at radius 3 is 3.14 bits per heavy atom. The van der Waals surface area contributed by atoms with Crippen LogP contribution >= 0.6 is 11.6 Å². The molecule has 0 radical (unpaired) electrons. The first-order chi connectivity index (χ1) is 6.79. The molecule has 1 unspecified atom stereocenters. The van der Waals surface area contributed by atoms with E-state index in [0.29, 0.717) is 5.65 Å². The van der Waals surface area contributed by atoms with Gasteiger partial charge in [0.05, 0.1) is 5.69 Å². The molecule has 0 fully saturated rings. The summed E-state index contributed by atoms with van der Waals surface area (Å²) in [7, 11) is 0. The van der Waals surface area contributed by atoms with E-state index in [1.54, 1.807) is 0 Å². The quantitative estimate of drug-likeness (QED) is 0.713. The number of hydrogen-bond donors (Lipinski definition) is 0. The van der Waals surface area contributed by atoms with E-state index in [-0.39, 0.29) is 5.38 Å². The van der Waals surface area contributed by atoms with E-state index in [2.05, 4.69) is 20.6 Å². The van der Waals surface area contributed by atoms with E-state index < -0.39 is 0 Å². The van der Waals surface area contributed by atoms with Gasteiger partial charge in [-0.3, -0.25) is 0 Å². The van der Waals surface area contributed by atoms with E-state index in [9.17, 15) is 0 Å². The zero-order valence-electron chi connectivity index (χ0n) is 7.76. The number of alkyl halides is 1. The minimum absolute atomic E-state index is 0.122. The van der Waals surface area contributed by atoms with E-state index in [4.69, 9.17) is 11.6 Å². The Morgan fingerprint density at radius 1 is 1.50 bits per heavy atom. The van der Waals surface area contributed by atoms with E-state index >= 15 is 0 Å². The van der Waals surface area contributed by atoms with Crippen molar-refractivity contribution < 1.29 is 0 Å². The Morgan fingerprint density at radius 2 is 2.36 bits per heavy atom. The molecule has 0 aliphatic rings. The highest BCUT2D eigenvalue weighted by Crippen LogP contribution is 2.08. The maximum atomic E-state index is 6.02. The molecule has 2 rings (SSSR count). The van der Waals surface area contributed by atoms with Gasteiger partial charge in [0.15, 0.2) is 5.65 Å². The molecule has 2 aromatic heterocycles. The van der Waals surface area contributed by atoms with Gasteiger partial charge in [-0.05, 0) is 29.0 Å². The zero-order chi connectivity index (χ0) is 9.97. The summed E-state index contributed by atoms with van der Waals surface area (Å²) in [5.74, 6) is 0. The molecular formula is C8H10ClN5. The lowest BCUT2D eigenvalue weighted by atomic mass is 10.2. The Labute approximate surface area is 86.1 Å². The first kappa shape index (κ1) is 9.33. The van der Waals surface area contributed by atoms with Gasteiger partial charge >= 0.3 is 0 Å². The maximum absolute atomic E-state index is 6.02. The summed E-state index contributed by atoms with van der Waals surface area (Å²) < 4.78 is 1.41. The van der Waals surface area contributed by atoms with Crippen LogP contribution in [0.2, 0.25) is 0 Å². The summed E-state index contributed by atoms with van der Waals surface area (Å²) in [4.78, 5) is 0. The summed E-state index contributed by atoms with van der Waals surface area (Å²) in [5, 5.41) is 15.3. The van der Waals surface area contributed by atoms with Gasteiger partial charge in [-0.2, -0.15) is 5.10 Å². The van der Waals surface area contributed by atoms with Crippen LogP contribution in [0.4, 0.5) is 0 Å². The molecule has 2 heterocycles. The molecule has 0 spiro atoms. The summed E-state index contributed by atoms with van der Waals surface area (Å²) in [6.45, 7) is 2.05. The highest BCUT2D eigenvalue weighted by atomic mass is 35.5. The Balaban J connectivity index is 2.25. The summed E-state index contributed by atoms with van der Waals surface area (Å²) >= 11 is 6.02. The first-order valence-electron chi connectivity index (χ1n) is 4.48. The Bertz CT molecular complexity index is 426. The van der Waals surface area contributed by atoms with Gasteiger partial charge in [-0.1, -0.05) is 6.92 Å². The van der Waals surface area contributed by atoms with Gasteiger partial charge in [-0.25, -0.2) is 0 Å². The monoisotopic (exact) mass is 211 g/mol. The second kappa shape index (κ2) is 3.88. The van der Waals surface area contributed by atoms with Crippen molar-refractivity contribution >= 4 is 17.2 Å². The van der Waals surface area contributed by atoms with E-state index in [1.807, 2.05) is 19.1 Å². The Kier molecular flexibility index (Phi) is 2.58. The van der Waals surface area contributed by atoms with Crippen molar-refractivity contribution in [3.63, 3.8) is 0 Å². The average molecular weight is 212 g/mol. The maximum Gasteiger partial charge on any atom is 0.199 e. The second-order valence-corrected chi connectivity index (χ2v) is 3.68. The number of halogens is 1. The third kappa shape index (κ3) is 1.82. The topological polar surface area (TPSA) is 56.0 Å². The number of aromatic nitrogens is 5. The molecule has 1 atom stereocenters. The van der Waals surface area contributed by atoms with Crippen LogP contribution in [0.15, 0.2) is 12.1 Å². The van der Waals surface area contributed by atoms with Crippen LogP contribution in [0.25, 0.3) is 5.65 Å². The predicted octanol–water partition coefficient (Wildman–Crippen LogP) is 1.08. The molecule has 6 heteroatoms. The van der Waals surface area contributed by atoms with Crippen molar-refractivity contribution in [2.24, 2.45) is 0 Å². The number of fused-ring (bicyclic) bond motifs is 1. The van der Waals surface area contributed by atoms with Crippen LogP contribution in [0.3, 0.4) is 0 Å². The third-order valence-corrected chi connectivity index (χ3v) is 2.46. The summed E-state index contributed by atoms with van der Waals surface area (Å²) in [6.07, 6.45) is 1.67. The number of rotatable bonds is 3. The Hall–Kier alpha value is -1.23. The highest BCUT2D eigenvalue weighted by Gasteiger charge is 2.06. The van der Waals surface area contributed by atoms with Gasteiger partial charge in [0.1, 0.15) is 0 Å². The van der Waals surface area contributed by atoms with Gasteiger partial charge in [0.25, 0.3) is 0 Å². The molecule has 14 heavy (non-hydrogen) atoms.